The Bertz CT molecular complexity index is 1270. The number of fused-ring (bicyclic) bond motifs is 3. The summed E-state index contributed by atoms with van der Waals surface area (Å²) in [5.41, 5.74) is 6.02. The van der Waals surface area contributed by atoms with Crippen molar-refractivity contribution >= 4 is 23.1 Å². The fraction of sp³-hybridized carbons (Fsp3) is 0.174. The standard InChI is InChI=1S/C23H16F2N4O2/c24-12-4-7-14(8-5-12)29-18-2-1-3-19(30)20(18)23(16(11-26)21(29)27)15-10-13(25)6-9-17(15)28-22(23)31/h4-10H,1-3,27H2,(H,28,31). The summed E-state index contributed by atoms with van der Waals surface area (Å²) in [4.78, 5) is 28.2. The number of anilines is 2. The molecule has 0 aromatic heterocycles. The highest BCUT2D eigenvalue weighted by molar-refractivity contribution is 6.19. The first kappa shape index (κ1) is 19.0. The van der Waals surface area contributed by atoms with Crippen molar-refractivity contribution in [1.29, 1.82) is 5.26 Å². The Morgan fingerprint density at radius 2 is 1.77 bits per heavy atom. The molecule has 6 nitrogen and oxygen atoms in total. The second kappa shape index (κ2) is 6.51. The van der Waals surface area contributed by atoms with Gasteiger partial charge in [0.2, 0.25) is 5.91 Å². The largest absolute Gasteiger partial charge is 0.384 e. The van der Waals surface area contributed by atoms with E-state index < -0.39 is 23.0 Å². The van der Waals surface area contributed by atoms with E-state index in [-0.39, 0.29) is 34.7 Å². The molecular formula is C23H16F2N4O2. The van der Waals surface area contributed by atoms with E-state index in [2.05, 4.69) is 5.32 Å². The molecule has 1 aliphatic carbocycles. The predicted octanol–water partition coefficient (Wildman–Crippen LogP) is 3.38. The highest BCUT2D eigenvalue weighted by Gasteiger charge is 2.60. The molecule has 3 aliphatic rings. The molecule has 1 unspecified atom stereocenters. The number of carbonyl (C=O) groups excluding carboxylic acids is 2. The highest BCUT2D eigenvalue weighted by Crippen LogP contribution is 2.55. The number of nitrogens with two attached hydrogens (primary N) is 1. The van der Waals surface area contributed by atoms with Gasteiger partial charge in [-0.05, 0) is 55.3 Å². The lowest BCUT2D eigenvalue weighted by atomic mass is 9.64. The number of ketones is 1. The molecule has 2 heterocycles. The minimum atomic E-state index is -1.82. The molecular weight excluding hydrogens is 402 g/mol. The SMILES string of the molecule is N#CC1=C(N)N(c2ccc(F)cc2)C2=C(C(=O)CCC2)C12C(=O)Nc1ccc(F)cc12. The van der Waals surface area contributed by atoms with Gasteiger partial charge in [0.05, 0.1) is 5.57 Å². The van der Waals surface area contributed by atoms with Gasteiger partial charge in [0, 0.05) is 34.6 Å². The van der Waals surface area contributed by atoms with Crippen molar-refractivity contribution in [2.45, 2.75) is 24.7 Å². The lowest BCUT2D eigenvalue weighted by Gasteiger charge is -2.43. The van der Waals surface area contributed by atoms with Gasteiger partial charge in [0.15, 0.2) is 5.78 Å². The molecule has 1 atom stereocenters. The number of amides is 1. The molecule has 31 heavy (non-hydrogen) atoms. The fourth-order valence-electron chi connectivity index (χ4n) is 4.85. The van der Waals surface area contributed by atoms with Crippen molar-refractivity contribution in [3.63, 3.8) is 0 Å². The number of hydrogen-bond acceptors (Lipinski definition) is 5. The van der Waals surface area contributed by atoms with Crippen LogP contribution >= 0.6 is 0 Å². The van der Waals surface area contributed by atoms with Gasteiger partial charge in [-0.2, -0.15) is 5.26 Å². The third-order valence-corrected chi connectivity index (χ3v) is 6.07. The van der Waals surface area contributed by atoms with E-state index in [1.165, 1.54) is 41.3 Å². The lowest BCUT2D eigenvalue weighted by molar-refractivity contribution is -0.122. The molecule has 2 aliphatic heterocycles. The maximum absolute atomic E-state index is 14.2. The molecule has 0 fully saturated rings. The first-order valence-electron chi connectivity index (χ1n) is 9.74. The Morgan fingerprint density at radius 1 is 1.06 bits per heavy atom. The molecule has 0 radical (unpaired) electrons. The smallest absolute Gasteiger partial charge is 0.245 e. The summed E-state index contributed by atoms with van der Waals surface area (Å²) < 4.78 is 27.8. The number of halogens is 2. The van der Waals surface area contributed by atoms with E-state index in [1.807, 2.05) is 6.07 Å². The zero-order chi connectivity index (χ0) is 21.9. The minimum Gasteiger partial charge on any atom is -0.384 e. The molecule has 1 amide bonds. The number of carbonyl (C=O) groups is 2. The number of allylic oxidation sites excluding steroid dienone is 1. The number of nitriles is 1. The van der Waals surface area contributed by atoms with E-state index in [1.54, 1.807) is 0 Å². The van der Waals surface area contributed by atoms with Crippen LogP contribution < -0.4 is 16.0 Å². The maximum atomic E-state index is 14.2. The molecule has 8 heteroatoms. The van der Waals surface area contributed by atoms with E-state index in [0.29, 0.717) is 29.9 Å². The van der Waals surface area contributed by atoms with E-state index in [9.17, 15) is 23.6 Å². The summed E-state index contributed by atoms with van der Waals surface area (Å²) in [6.07, 6.45) is 1.13. The zero-order valence-corrected chi connectivity index (χ0v) is 16.2. The van der Waals surface area contributed by atoms with Crippen molar-refractivity contribution < 1.29 is 18.4 Å². The number of rotatable bonds is 1. The van der Waals surface area contributed by atoms with Gasteiger partial charge in [-0.25, -0.2) is 8.78 Å². The van der Waals surface area contributed by atoms with Crippen LogP contribution in [0.4, 0.5) is 20.2 Å². The summed E-state index contributed by atoms with van der Waals surface area (Å²) in [5, 5.41) is 12.8. The van der Waals surface area contributed by atoms with Crippen LogP contribution in [0.2, 0.25) is 0 Å². The second-order valence-electron chi connectivity index (χ2n) is 7.68. The summed E-state index contributed by atoms with van der Waals surface area (Å²) >= 11 is 0. The van der Waals surface area contributed by atoms with Gasteiger partial charge in [-0.1, -0.05) is 0 Å². The monoisotopic (exact) mass is 418 g/mol. The highest BCUT2D eigenvalue weighted by atomic mass is 19.1. The topological polar surface area (TPSA) is 99.2 Å². The van der Waals surface area contributed by atoms with Crippen molar-refractivity contribution in [2.24, 2.45) is 5.73 Å². The quantitative estimate of drug-likeness (QED) is 0.740. The molecule has 3 N–H and O–H groups in total. The molecule has 2 aromatic carbocycles. The molecule has 1 spiro atoms. The van der Waals surface area contributed by atoms with Gasteiger partial charge in [0.1, 0.15) is 28.9 Å². The van der Waals surface area contributed by atoms with Crippen LogP contribution in [0.25, 0.3) is 0 Å². The Kier molecular flexibility index (Phi) is 3.99. The fourth-order valence-corrected chi connectivity index (χ4v) is 4.85. The van der Waals surface area contributed by atoms with Gasteiger partial charge in [-0.15, -0.1) is 0 Å². The van der Waals surface area contributed by atoms with Crippen molar-refractivity contribution in [2.75, 3.05) is 10.2 Å². The summed E-state index contributed by atoms with van der Waals surface area (Å²) in [5.74, 6) is -2.02. The Morgan fingerprint density at radius 3 is 2.48 bits per heavy atom. The number of hydrogen-bond donors (Lipinski definition) is 2. The third-order valence-electron chi connectivity index (χ3n) is 6.07. The van der Waals surface area contributed by atoms with Crippen molar-refractivity contribution in [1.82, 2.24) is 0 Å². The van der Waals surface area contributed by atoms with Gasteiger partial charge in [-0.3, -0.25) is 14.5 Å². The number of Topliss-reactive ketones (excluding diaryl/α,β-unsaturated/α-hetero) is 1. The van der Waals surface area contributed by atoms with Crippen molar-refractivity contribution in [3.05, 3.63) is 82.3 Å². The molecule has 2 aromatic rings. The third kappa shape index (κ3) is 2.40. The lowest BCUT2D eigenvalue weighted by Crippen LogP contribution is -2.50. The normalized spacial score (nSPS) is 22.4. The van der Waals surface area contributed by atoms with Crippen LogP contribution in [0.1, 0.15) is 24.8 Å². The molecule has 0 bridgehead atoms. The van der Waals surface area contributed by atoms with E-state index in [0.717, 1.165) is 6.07 Å². The molecule has 5 rings (SSSR count). The zero-order valence-electron chi connectivity index (χ0n) is 16.2. The van der Waals surface area contributed by atoms with Gasteiger partial charge in [0.25, 0.3) is 0 Å². The Labute approximate surface area is 176 Å². The first-order chi connectivity index (χ1) is 14.9. The predicted molar refractivity (Wildman–Crippen MR) is 108 cm³/mol. The first-order valence-corrected chi connectivity index (χ1v) is 9.74. The van der Waals surface area contributed by atoms with Gasteiger partial charge >= 0.3 is 0 Å². The van der Waals surface area contributed by atoms with Gasteiger partial charge < -0.3 is 11.1 Å². The van der Waals surface area contributed by atoms with E-state index >= 15 is 0 Å². The van der Waals surface area contributed by atoms with Crippen molar-refractivity contribution in [3.8, 4) is 6.07 Å². The van der Waals surface area contributed by atoms with Crippen LogP contribution in [-0.4, -0.2) is 11.7 Å². The molecule has 154 valence electrons. The minimum absolute atomic E-state index is 0.0465. The Balaban J connectivity index is 1.88. The maximum Gasteiger partial charge on any atom is 0.245 e. The average molecular weight is 418 g/mol. The van der Waals surface area contributed by atoms with Crippen LogP contribution in [-0.2, 0) is 15.0 Å². The molecule has 0 saturated carbocycles. The van der Waals surface area contributed by atoms with Crippen LogP contribution in [0.3, 0.4) is 0 Å². The van der Waals surface area contributed by atoms with Crippen LogP contribution in [0, 0.1) is 23.0 Å². The van der Waals surface area contributed by atoms with Crippen LogP contribution in [0.5, 0.6) is 0 Å². The molecule has 0 saturated heterocycles. The van der Waals surface area contributed by atoms with E-state index in [4.69, 9.17) is 5.73 Å². The Hall–Kier alpha value is -3.99. The number of nitrogens with zero attached hydrogens (tertiary/aromatic N) is 2. The second-order valence-corrected chi connectivity index (χ2v) is 7.68. The summed E-state index contributed by atoms with van der Waals surface area (Å²) in [6, 6.07) is 11.2. The summed E-state index contributed by atoms with van der Waals surface area (Å²) in [6.45, 7) is 0. The number of benzene rings is 2. The number of nitrogens with one attached hydrogen (secondary N) is 1. The van der Waals surface area contributed by atoms with Crippen LogP contribution in [0.15, 0.2) is 65.1 Å². The summed E-state index contributed by atoms with van der Waals surface area (Å²) in [7, 11) is 0. The average Bonchev–Trinajstić information content (AvgIpc) is 3.02.